The van der Waals surface area contributed by atoms with Crippen molar-refractivity contribution in [2.24, 2.45) is 0 Å². The van der Waals surface area contributed by atoms with Crippen molar-refractivity contribution < 1.29 is 27.9 Å². The molecule has 2 N–H and O–H groups in total. The molecule has 7 rings (SSSR count). The van der Waals surface area contributed by atoms with Gasteiger partial charge in [-0.2, -0.15) is 10.2 Å². The number of imide groups is 1. The number of nitrogens with zero attached hydrogens (tertiary/aromatic N) is 8. The molecule has 3 aliphatic rings. The number of aromatic nitrogens is 6. The van der Waals surface area contributed by atoms with Crippen LogP contribution in [0.2, 0.25) is 0 Å². The van der Waals surface area contributed by atoms with Crippen molar-refractivity contribution in [3.8, 4) is 0 Å². The molecule has 0 aromatic carbocycles. The number of carbonyl (C=O) groups is 3. The minimum absolute atomic E-state index is 0.0450. The van der Waals surface area contributed by atoms with Gasteiger partial charge in [0.2, 0.25) is 11.8 Å². The number of alkyl halides is 2. The molecule has 1 unspecified atom stereocenters. The number of hydrogen-bond acceptors (Lipinski definition) is 10. The zero-order chi connectivity index (χ0) is 32.5. The molecule has 4 aromatic rings. The number of anilines is 2. The second kappa shape index (κ2) is 13.1. The van der Waals surface area contributed by atoms with E-state index in [2.05, 4.69) is 40.6 Å². The number of fused-ring (bicyclic) bond motifs is 1. The summed E-state index contributed by atoms with van der Waals surface area (Å²) in [6.07, 6.45) is 5.52. The van der Waals surface area contributed by atoms with Crippen molar-refractivity contribution in [1.29, 1.82) is 0 Å². The van der Waals surface area contributed by atoms with E-state index in [1.807, 2.05) is 18.2 Å². The Kier molecular flexibility index (Phi) is 8.60. The van der Waals surface area contributed by atoms with Crippen molar-refractivity contribution >= 4 is 34.9 Å². The van der Waals surface area contributed by atoms with Crippen LogP contribution in [0.15, 0.2) is 43.0 Å². The van der Waals surface area contributed by atoms with Gasteiger partial charge in [0.05, 0.1) is 42.8 Å². The minimum Gasteiger partial charge on any atom is -0.378 e. The summed E-state index contributed by atoms with van der Waals surface area (Å²) in [5, 5.41) is 13.4. The van der Waals surface area contributed by atoms with Gasteiger partial charge in [0.25, 0.3) is 12.3 Å². The SMILES string of the molecule is O=C1CCC(c2ccc(CN3CCC(n4cc(NC(=O)c5cnn6ccc(N7CCOCC7)nc56)c(C(F)F)n4)CC3)nc2)C(=O)N1. The highest BCUT2D eigenvalue weighted by atomic mass is 19.3. The number of piperidine rings is 2. The standard InChI is InChI=1S/C31H34F2N10O4/c32-28(33)27-24(36-31(46)23-16-35-42-10-7-25(37-29(23)42)41-11-13-47-14-12-41)18-43(39-27)21-5-8-40(9-6-21)17-20-2-1-19(15-34-20)22-3-4-26(44)38-30(22)45/h1-2,7,10,15-16,18,21-22,28H,3-6,8-9,11-14,17H2,(H,36,46)(H,38,44,45). The number of morpholine rings is 1. The van der Waals surface area contributed by atoms with E-state index in [4.69, 9.17) is 4.74 Å². The Morgan fingerprint density at radius 2 is 1.87 bits per heavy atom. The van der Waals surface area contributed by atoms with Crippen LogP contribution in [0.25, 0.3) is 5.65 Å². The summed E-state index contributed by atoms with van der Waals surface area (Å²) in [5.74, 6) is -0.835. The van der Waals surface area contributed by atoms with Crippen LogP contribution < -0.4 is 15.5 Å². The van der Waals surface area contributed by atoms with Crippen LogP contribution in [0.1, 0.15) is 71.4 Å². The average Bonchev–Trinajstić information content (AvgIpc) is 3.70. The normalized spacial score (nSPS) is 19.8. The van der Waals surface area contributed by atoms with Crippen molar-refractivity contribution in [2.45, 2.75) is 50.6 Å². The van der Waals surface area contributed by atoms with Gasteiger partial charge < -0.3 is 15.0 Å². The maximum atomic E-state index is 14.1. The Labute approximate surface area is 268 Å². The fraction of sp³-hybridized carbons (Fsp3) is 0.452. The first-order chi connectivity index (χ1) is 22.8. The molecule has 0 aliphatic carbocycles. The topological polar surface area (TPSA) is 152 Å². The van der Waals surface area contributed by atoms with Crippen molar-refractivity contribution in [3.05, 3.63) is 65.5 Å². The summed E-state index contributed by atoms with van der Waals surface area (Å²) >= 11 is 0. The molecule has 0 bridgehead atoms. The van der Waals surface area contributed by atoms with Crippen molar-refractivity contribution in [1.82, 2.24) is 39.6 Å². The third-order valence-corrected chi connectivity index (χ3v) is 8.96. The fourth-order valence-corrected chi connectivity index (χ4v) is 6.35. The number of rotatable bonds is 8. The predicted molar refractivity (Wildman–Crippen MR) is 164 cm³/mol. The lowest BCUT2D eigenvalue weighted by atomic mass is 9.91. The van der Waals surface area contributed by atoms with E-state index >= 15 is 0 Å². The van der Waals surface area contributed by atoms with Gasteiger partial charge in [-0.25, -0.2) is 18.3 Å². The summed E-state index contributed by atoms with van der Waals surface area (Å²) in [6, 6.07) is 5.47. The number of likely N-dealkylation sites (tertiary alicyclic amines) is 1. The Bertz CT molecular complexity index is 1780. The number of pyridine rings is 1. The molecular weight excluding hydrogens is 614 g/mol. The van der Waals surface area contributed by atoms with Crippen molar-refractivity contribution in [3.63, 3.8) is 0 Å². The number of amides is 3. The van der Waals surface area contributed by atoms with Gasteiger partial charge >= 0.3 is 0 Å². The van der Waals surface area contributed by atoms with E-state index in [9.17, 15) is 23.2 Å². The Morgan fingerprint density at radius 3 is 2.60 bits per heavy atom. The summed E-state index contributed by atoms with van der Waals surface area (Å²) in [7, 11) is 0. The number of ether oxygens (including phenoxy) is 1. The third kappa shape index (κ3) is 6.55. The molecule has 16 heteroatoms. The van der Waals surface area contributed by atoms with Crippen LogP contribution in [0, 0.1) is 0 Å². The molecule has 3 fully saturated rings. The summed E-state index contributed by atoms with van der Waals surface area (Å²) in [5.41, 5.74) is 1.59. The van der Waals surface area contributed by atoms with Gasteiger partial charge in [-0.3, -0.25) is 34.3 Å². The molecule has 0 radical (unpaired) electrons. The quantitative estimate of drug-likeness (QED) is 0.273. The van der Waals surface area contributed by atoms with Crippen molar-refractivity contribution in [2.75, 3.05) is 49.6 Å². The molecular formula is C31H34F2N10O4. The van der Waals surface area contributed by atoms with E-state index < -0.39 is 18.0 Å². The van der Waals surface area contributed by atoms with Gasteiger partial charge in [0.1, 0.15) is 11.4 Å². The Balaban J connectivity index is 0.985. The molecule has 7 heterocycles. The second-order valence-electron chi connectivity index (χ2n) is 12.0. The van der Waals surface area contributed by atoms with E-state index in [0.29, 0.717) is 83.1 Å². The van der Waals surface area contributed by atoms with E-state index in [1.165, 1.54) is 21.6 Å². The lowest BCUT2D eigenvalue weighted by Crippen LogP contribution is -2.39. The first kappa shape index (κ1) is 30.8. The first-order valence-electron chi connectivity index (χ1n) is 15.7. The molecule has 1 atom stereocenters. The maximum Gasteiger partial charge on any atom is 0.284 e. The van der Waals surface area contributed by atoms with E-state index in [1.54, 1.807) is 12.4 Å². The van der Waals surface area contributed by atoms with Crippen LogP contribution in [-0.4, -0.2) is 91.4 Å². The van der Waals surface area contributed by atoms with Crippen LogP contribution in [0.5, 0.6) is 0 Å². The maximum absolute atomic E-state index is 14.1. The van der Waals surface area contributed by atoms with E-state index in [0.717, 1.165) is 11.3 Å². The second-order valence-corrected chi connectivity index (χ2v) is 12.0. The zero-order valence-corrected chi connectivity index (χ0v) is 25.5. The average molecular weight is 649 g/mol. The van der Waals surface area contributed by atoms with Gasteiger partial charge in [-0.15, -0.1) is 0 Å². The van der Waals surface area contributed by atoms with Gasteiger partial charge in [0, 0.05) is 57.7 Å². The van der Waals surface area contributed by atoms with Gasteiger partial charge in [-0.1, -0.05) is 6.07 Å². The summed E-state index contributed by atoms with van der Waals surface area (Å²) in [6.45, 7) is 4.51. The van der Waals surface area contributed by atoms with Crippen LogP contribution in [0.3, 0.4) is 0 Å². The Morgan fingerprint density at radius 1 is 1.06 bits per heavy atom. The lowest BCUT2D eigenvalue weighted by molar-refractivity contribution is -0.134. The number of carbonyl (C=O) groups excluding carboxylic acids is 3. The molecule has 3 saturated heterocycles. The zero-order valence-electron chi connectivity index (χ0n) is 25.5. The molecule has 47 heavy (non-hydrogen) atoms. The largest absolute Gasteiger partial charge is 0.378 e. The molecule has 14 nitrogen and oxygen atoms in total. The van der Waals surface area contributed by atoms with Crippen LogP contribution in [-0.2, 0) is 20.9 Å². The third-order valence-electron chi connectivity index (χ3n) is 8.96. The van der Waals surface area contributed by atoms with E-state index in [-0.39, 0.29) is 35.0 Å². The molecule has 3 aliphatic heterocycles. The number of hydrogen-bond donors (Lipinski definition) is 2. The minimum atomic E-state index is -2.88. The Hall–Kier alpha value is -4.83. The fourth-order valence-electron chi connectivity index (χ4n) is 6.35. The summed E-state index contributed by atoms with van der Waals surface area (Å²) in [4.78, 5) is 50.4. The molecule has 0 spiro atoms. The number of halogens is 2. The lowest BCUT2D eigenvalue weighted by Gasteiger charge is -2.31. The van der Waals surface area contributed by atoms with Crippen LogP contribution >= 0.6 is 0 Å². The van der Waals surface area contributed by atoms with Gasteiger partial charge in [0.15, 0.2) is 11.3 Å². The highest BCUT2D eigenvalue weighted by molar-refractivity contribution is 6.08. The summed E-state index contributed by atoms with van der Waals surface area (Å²) < 4.78 is 36.6. The molecule has 0 saturated carbocycles. The highest BCUT2D eigenvalue weighted by Crippen LogP contribution is 2.31. The van der Waals surface area contributed by atoms with Crippen LogP contribution in [0.4, 0.5) is 20.3 Å². The number of nitrogens with one attached hydrogen (secondary N) is 2. The molecule has 3 amide bonds. The molecule has 4 aromatic heterocycles. The first-order valence-corrected chi connectivity index (χ1v) is 15.7. The molecule has 246 valence electrons. The monoisotopic (exact) mass is 648 g/mol. The smallest absolute Gasteiger partial charge is 0.284 e. The highest BCUT2D eigenvalue weighted by Gasteiger charge is 2.29. The van der Waals surface area contributed by atoms with Gasteiger partial charge in [-0.05, 0) is 37.0 Å². The predicted octanol–water partition coefficient (Wildman–Crippen LogP) is 2.70.